The van der Waals surface area contributed by atoms with Gasteiger partial charge >= 0.3 is 0 Å². The number of hydrogen-bond acceptors (Lipinski definition) is 5. The number of likely N-dealkylation sites (N-methyl/N-ethyl adjacent to an activating group) is 1. The zero-order valence-corrected chi connectivity index (χ0v) is 19.7. The zero-order valence-electron chi connectivity index (χ0n) is 19.7. The second kappa shape index (κ2) is 10.8. The van der Waals surface area contributed by atoms with Crippen LogP contribution >= 0.6 is 0 Å². The molecular formula is C25H31N5O3. The minimum atomic E-state index is -0.647. The minimum Gasteiger partial charge on any atom is -0.494 e. The van der Waals surface area contributed by atoms with Crippen LogP contribution in [-0.4, -0.2) is 51.2 Å². The predicted molar refractivity (Wildman–Crippen MR) is 126 cm³/mol. The maximum Gasteiger partial charge on any atom is 0.251 e. The Morgan fingerprint density at radius 1 is 1.06 bits per heavy atom. The zero-order chi connectivity index (χ0) is 24.0. The Kier molecular flexibility index (Phi) is 7.82. The molecular weight excluding hydrogens is 418 g/mol. The minimum absolute atomic E-state index is 0.0755. The van der Waals surface area contributed by atoms with Crippen molar-refractivity contribution >= 4 is 11.8 Å². The van der Waals surface area contributed by atoms with E-state index in [1.807, 2.05) is 52.0 Å². The van der Waals surface area contributed by atoms with Gasteiger partial charge in [-0.1, -0.05) is 26.0 Å². The highest BCUT2D eigenvalue weighted by Gasteiger charge is 2.30. The van der Waals surface area contributed by atoms with Crippen molar-refractivity contribution in [1.29, 1.82) is 0 Å². The molecule has 2 unspecified atom stereocenters. The average molecular weight is 450 g/mol. The van der Waals surface area contributed by atoms with Gasteiger partial charge in [0.1, 0.15) is 24.4 Å². The lowest BCUT2D eigenvalue weighted by atomic mass is 10.00. The van der Waals surface area contributed by atoms with Gasteiger partial charge in [-0.3, -0.25) is 9.59 Å². The summed E-state index contributed by atoms with van der Waals surface area (Å²) in [7, 11) is 1.76. The van der Waals surface area contributed by atoms with Crippen molar-refractivity contribution in [3.8, 4) is 11.4 Å². The van der Waals surface area contributed by atoms with E-state index in [1.165, 1.54) is 6.33 Å². The first-order valence-corrected chi connectivity index (χ1v) is 11.1. The van der Waals surface area contributed by atoms with Crippen molar-refractivity contribution < 1.29 is 14.3 Å². The van der Waals surface area contributed by atoms with Gasteiger partial charge in [-0.25, -0.2) is 9.67 Å². The number of rotatable bonds is 9. The quantitative estimate of drug-likeness (QED) is 0.539. The van der Waals surface area contributed by atoms with E-state index in [1.54, 1.807) is 47.2 Å². The molecule has 1 aromatic heterocycles. The third-order valence-electron chi connectivity index (χ3n) is 5.63. The Bertz CT molecular complexity index is 1050. The van der Waals surface area contributed by atoms with Gasteiger partial charge in [-0.05, 0) is 61.7 Å². The van der Waals surface area contributed by atoms with Crippen LogP contribution in [0.5, 0.6) is 5.75 Å². The number of hydrogen-bond donors (Lipinski definition) is 1. The molecule has 0 fully saturated rings. The molecule has 0 aliphatic heterocycles. The van der Waals surface area contributed by atoms with Crippen molar-refractivity contribution in [3.05, 3.63) is 72.3 Å². The first kappa shape index (κ1) is 24.0. The molecule has 8 heteroatoms. The summed E-state index contributed by atoms with van der Waals surface area (Å²) in [6, 6.07) is 13.9. The molecule has 2 aromatic carbocycles. The van der Waals surface area contributed by atoms with Gasteiger partial charge in [0, 0.05) is 12.6 Å². The predicted octanol–water partition coefficient (Wildman–Crippen LogP) is 3.64. The second-order valence-corrected chi connectivity index (χ2v) is 8.21. The molecule has 1 N–H and O–H groups in total. The highest BCUT2D eigenvalue weighted by Crippen LogP contribution is 2.22. The third-order valence-corrected chi connectivity index (χ3v) is 5.63. The number of carbonyl (C=O) groups excluding carboxylic acids is 2. The lowest BCUT2D eigenvalue weighted by Crippen LogP contribution is -2.50. The van der Waals surface area contributed by atoms with E-state index < -0.39 is 6.04 Å². The summed E-state index contributed by atoms with van der Waals surface area (Å²) in [6.07, 6.45) is 3.12. The molecule has 8 nitrogen and oxygen atoms in total. The molecule has 3 aromatic rings. The van der Waals surface area contributed by atoms with Crippen LogP contribution in [0.2, 0.25) is 0 Å². The second-order valence-electron chi connectivity index (χ2n) is 8.21. The summed E-state index contributed by atoms with van der Waals surface area (Å²) in [6.45, 7) is 8.28. The van der Waals surface area contributed by atoms with Gasteiger partial charge in [-0.15, -0.1) is 0 Å². The first-order chi connectivity index (χ1) is 15.8. The normalized spacial score (nSPS) is 12.8. The molecule has 2 amide bonds. The van der Waals surface area contributed by atoms with Gasteiger partial charge in [0.25, 0.3) is 5.91 Å². The fourth-order valence-corrected chi connectivity index (χ4v) is 3.49. The first-order valence-electron chi connectivity index (χ1n) is 11.1. The molecule has 0 saturated heterocycles. The van der Waals surface area contributed by atoms with Crippen LogP contribution < -0.4 is 10.1 Å². The van der Waals surface area contributed by atoms with E-state index >= 15 is 0 Å². The van der Waals surface area contributed by atoms with Crippen molar-refractivity contribution in [3.63, 3.8) is 0 Å². The fraction of sp³-hybridized carbons (Fsp3) is 0.360. The smallest absolute Gasteiger partial charge is 0.251 e. The molecule has 0 aliphatic rings. The van der Waals surface area contributed by atoms with E-state index in [4.69, 9.17) is 4.74 Å². The Labute approximate surface area is 194 Å². The van der Waals surface area contributed by atoms with Crippen LogP contribution in [0.4, 0.5) is 0 Å². The maximum absolute atomic E-state index is 13.3. The molecule has 33 heavy (non-hydrogen) atoms. The molecule has 2 atom stereocenters. The van der Waals surface area contributed by atoms with Gasteiger partial charge in [0.05, 0.1) is 18.3 Å². The van der Waals surface area contributed by atoms with Gasteiger partial charge in [-0.2, -0.15) is 5.10 Å². The summed E-state index contributed by atoms with van der Waals surface area (Å²) in [5, 5.41) is 7.04. The van der Waals surface area contributed by atoms with Crippen LogP contribution in [0.15, 0.2) is 61.2 Å². The van der Waals surface area contributed by atoms with E-state index in [-0.39, 0.29) is 23.8 Å². The SMILES string of the molecule is CCOc1ccc(C(=O)NC(C(=O)N(C)C(C)c2ccc(-n3cncn3)cc2)C(C)C)cc1. The standard InChI is InChI=1S/C25H31N5O3/c1-6-33-22-13-9-20(10-14-22)24(31)28-23(17(2)3)25(32)29(5)18(4)19-7-11-21(12-8-19)30-16-26-15-27-30/h7-18,23H,6H2,1-5H3,(H,28,31). The summed E-state index contributed by atoms with van der Waals surface area (Å²) in [5.41, 5.74) is 2.35. The van der Waals surface area contributed by atoms with Crippen molar-refractivity contribution in [2.24, 2.45) is 5.92 Å². The number of benzene rings is 2. The van der Waals surface area contributed by atoms with Crippen LogP contribution in [0.25, 0.3) is 5.69 Å². The molecule has 174 valence electrons. The van der Waals surface area contributed by atoms with Crippen molar-refractivity contribution in [1.82, 2.24) is 25.0 Å². The maximum atomic E-state index is 13.3. The van der Waals surface area contributed by atoms with Crippen molar-refractivity contribution in [2.75, 3.05) is 13.7 Å². The number of aromatic nitrogens is 3. The van der Waals surface area contributed by atoms with Gasteiger partial charge in [0.2, 0.25) is 5.91 Å². The molecule has 1 heterocycles. The molecule has 0 spiro atoms. The van der Waals surface area contributed by atoms with Crippen LogP contribution in [0.3, 0.4) is 0 Å². The number of carbonyl (C=O) groups is 2. The van der Waals surface area contributed by atoms with Crippen LogP contribution in [0, 0.1) is 5.92 Å². The largest absolute Gasteiger partial charge is 0.494 e. The summed E-state index contributed by atoms with van der Waals surface area (Å²) >= 11 is 0. The van der Waals surface area contributed by atoms with Crippen LogP contribution in [0.1, 0.15) is 49.7 Å². The van der Waals surface area contributed by atoms with E-state index in [9.17, 15) is 9.59 Å². The number of nitrogens with zero attached hydrogens (tertiary/aromatic N) is 4. The molecule has 0 radical (unpaired) electrons. The topological polar surface area (TPSA) is 89.4 Å². The Morgan fingerprint density at radius 3 is 2.27 bits per heavy atom. The lowest BCUT2D eigenvalue weighted by molar-refractivity contribution is -0.135. The van der Waals surface area contributed by atoms with Crippen molar-refractivity contribution in [2.45, 2.75) is 39.8 Å². The molecule has 0 aliphatic carbocycles. The van der Waals surface area contributed by atoms with Gasteiger partial charge < -0.3 is 15.0 Å². The Hall–Kier alpha value is -3.68. The molecule has 3 rings (SSSR count). The van der Waals surface area contributed by atoms with E-state index in [2.05, 4.69) is 15.4 Å². The Morgan fingerprint density at radius 2 is 1.73 bits per heavy atom. The number of amides is 2. The summed E-state index contributed by atoms with van der Waals surface area (Å²) in [4.78, 5) is 31.8. The highest BCUT2D eigenvalue weighted by molar-refractivity contribution is 5.97. The monoisotopic (exact) mass is 449 g/mol. The summed E-state index contributed by atoms with van der Waals surface area (Å²) in [5.74, 6) is 0.197. The average Bonchev–Trinajstić information content (AvgIpc) is 3.36. The van der Waals surface area contributed by atoms with E-state index in [0.717, 1.165) is 11.3 Å². The molecule has 0 bridgehead atoms. The van der Waals surface area contributed by atoms with Gasteiger partial charge in [0.15, 0.2) is 0 Å². The van der Waals surface area contributed by atoms with Crippen LogP contribution in [-0.2, 0) is 4.79 Å². The van der Waals surface area contributed by atoms with E-state index in [0.29, 0.717) is 17.9 Å². The number of ether oxygens (including phenoxy) is 1. The number of nitrogens with one attached hydrogen (secondary N) is 1. The molecule has 0 saturated carbocycles. The third kappa shape index (κ3) is 5.77. The summed E-state index contributed by atoms with van der Waals surface area (Å²) < 4.78 is 7.10. The lowest BCUT2D eigenvalue weighted by Gasteiger charge is -2.31. The fourth-order valence-electron chi connectivity index (χ4n) is 3.49. The Balaban J connectivity index is 1.69. The highest BCUT2D eigenvalue weighted by atomic mass is 16.5.